The number of hydrogen-bond acceptors (Lipinski definition) is 8. The van der Waals surface area contributed by atoms with Gasteiger partial charge in [0.05, 0.1) is 7.11 Å². The topological polar surface area (TPSA) is 127 Å². The standard InChI is InChI=1S/C19H25N5O3.C10H11NO2/c1-3-23-10-12-24(13-11-23)18(22-27)16-7-4-15(5-8-16)6-9-17(20-2)19(26)21-14-25;1-11-6-7-3-4-8(13-2)5-9(7)10(11)12/h4-5,7-8,14,17,20,27H,3,10-13H2,1-2H3,(H,21,25,26);3-5H,6H2,1-2H3/b22-18-;/t17-;/m0./s1. The minimum Gasteiger partial charge on any atom is -0.497 e. The Balaban J connectivity index is 0.000000281. The highest BCUT2D eigenvalue weighted by molar-refractivity contribution is 5.99. The van der Waals surface area contributed by atoms with Crippen LogP contribution in [0.25, 0.3) is 0 Å². The summed E-state index contributed by atoms with van der Waals surface area (Å²) in [7, 11) is 4.99. The lowest BCUT2D eigenvalue weighted by atomic mass is 10.1. The maximum atomic E-state index is 11.6. The second kappa shape index (κ2) is 14.7. The molecule has 212 valence electrons. The number of fused-ring (bicyclic) bond motifs is 1. The fourth-order valence-electron chi connectivity index (χ4n) is 4.40. The summed E-state index contributed by atoms with van der Waals surface area (Å²) in [5.41, 5.74) is 3.36. The van der Waals surface area contributed by atoms with Crippen LogP contribution in [0, 0.1) is 11.8 Å². The van der Waals surface area contributed by atoms with Crippen molar-refractivity contribution in [2.75, 3.05) is 53.9 Å². The molecule has 1 fully saturated rings. The summed E-state index contributed by atoms with van der Waals surface area (Å²) in [6.45, 7) is 7.36. The molecule has 2 aliphatic heterocycles. The molecule has 11 nitrogen and oxygen atoms in total. The molecule has 0 saturated carbocycles. The Morgan fingerprint density at radius 2 is 1.88 bits per heavy atom. The number of hydrogen-bond donors (Lipinski definition) is 3. The van der Waals surface area contributed by atoms with E-state index in [1.54, 1.807) is 44.3 Å². The number of methoxy groups -OCH3 is 1. The second-order valence-corrected chi connectivity index (χ2v) is 9.22. The minimum absolute atomic E-state index is 0.0777. The number of carbonyl (C=O) groups is 3. The van der Waals surface area contributed by atoms with Gasteiger partial charge in [-0.05, 0) is 55.6 Å². The molecule has 2 heterocycles. The van der Waals surface area contributed by atoms with Gasteiger partial charge in [-0.3, -0.25) is 25.0 Å². The van der Waals surface area contributed by atoms with Crippen molar-refractivity contribution in [3.63, 3.8) is 0 Å². The Morgan fingerprint density at radius 1 is 1.18 bits per heavy atom. The molecule has 0 bridgehead atoms. The van der Waals surface area contributed by atoms with E-state index in [2.05, 4.69) is 44.4 Å². The minimum atomic E-state index is -0.778. The van der Waals surface area contributed by atoms with Crippen molar-refractivity contribution in [2.24, 2.45) is 5.16 Å². The van der Waals surface area contributed by atoms with E-state index in [4.69, 9.17) is 4.74 Å². The lowest BCUT2D eigenvalue weighted by Crippen LogP contribution is -2.48. The molecule has 3 N–H and O–H groups in total. The van der Waals surface area contributed by atoms with Crippen molar-refractivity contribution >= 4 is 24.1 Å². The molecular formula is C29H36N6O5. The molecule has 0 unspecified atom stereocenters. The van der Waals surface area contributed by atoms with Crippen LogP contribution in [0.1, 0.15) is 34.0 Å². The smallest absolute Gasteiger partial charge is 0.255 e. The Kier molecular flexibility index (Phi) is 11.1. The highest BCUT2D eigenvalue weighted by Crippen LogP contribution is 2.25. The number of piperazine rings is 1. The molecule has 2 aromatic carbocycles. The molecule has 0 aromatic heterocycles. The first-order valence-corrected chi connectivity index (χ1v) is 13.0. The van der Waals surface area contributed by atoms with E-state index in [-0.39, 0.29) is 5.91 Å². The summed E-state index contributed by atoms with van der Waals surface area (Å²) in [6, 6.07) is 12.1. The molecule has 0 spiro atoms. The molecule has 0 radical (unpaired) electrons. The van der Waals surface area contributed by atoms with E-state index in [0.29, 0.717) is 24.4 Å². The van der Waals surface area contributed by atoms with E-state index < -0.39 is 11.9 Å². The summed E-state index contributed by atoms with van der Waals surface area (Å²) in [5.74, 6) is 6.54. The van der Waals surface area contributed by atoms with Crippen molar-refractivity contribution in [3.8, 4) is 17.6 Å². The fraction of sp³-hybridized carbons (Fsp3) is 0.379. The van der Waals surface area contributed by atoms with Crippen LogP contribution >= 0.6 is 0 Å². The number of oxime groups is 1. The van der Waals surface area contributed by atoms with E-state index in [1.165, 1.54) is 0 Å². The summed E-state index contributed by atoms with van der Waals surface area (Å²) >= 11 is 0. The Labute approximate surface area is 234 Å². The van der Waals surface area contributed by atoms with Gasteiger partial charge in [0.1, 0.15) is 11.8 Å². The molecule has 2 aliphatic rings. The first-order valence-electron chi connectivity index (χ1n) is 13.0. The number of imide groups is 1. The molecule has 4 rings (SSSR count). The lowest BCUT2D eigenvalue weighted by molar-refractivity contribution is -0.125. The van der Waals surface area contributed by atoms with Crippen LogP contribution < -0.4 is 15.4 Å². The highest BCUT2D eigenvalue weighted by Gasteiger charge is 2.24. The predicted molar refractivity (Wildman–Crippen MR) is 151 cm³/mol. The average molecular weight is 549 g/mol. The number of benzene rings is 2. The number of likely N-dealkylation sites (N-methyl/N-ethyl adjacent to an activating group) is 2. The van der Waals surface area contributed by atoms with E-state index in [1.807, 2.05) is 24.3 Å². The highest BCUT2D eigenvalue weighted by atomic mass is 16.5. The van der Waals surface area contributed by atoms with Crippen LogP contribution in [0.5, 0.6) is 5.75 Å². The number of carbonyl (C=O) groups excluding carboxylic acids is 3. The maximum Gasteiger partial charge on any atom is 0.255 e. The largest absolute Gasteiger partial charge is 0.497 e. The van der Waals surface area contributed by atoms with Crippen LogP contribution in [-0.2, 0) is 16.1 Å². The lowest BCUT2D eigenvalue weighted by Gasteiger charge is -2.35. The number of ether oxygens (including phenoxy) is 1. The third-order valence-corrected chi connectivity index (χ3v) is 6.77. The molecule has 3 amide bonds. The van der Waals surface area contributed by atoms with Crippen LogP contribution in [0.4, 0.5) is 0 Å². The molecular weight excluding hydrogens is 512 g/mol. The van der Waals surface area contributed by atoms with Crippen LogP contribution in [0.15, 0.2) is 47.6 Å². The maximum absolute atomic E-state index is 11.6. The van der Waals surface area contributed by atoms with Crippen molar-refractivity contribution in [1.29, 1.82) is 0 Å². The number of amides is 3. The van der Waals surface area contributed by atoms with Crippen molar-refractivity contribution in [1.82, 2.24) is 25.3 Å². The van der Waals surface area contributed by atoms with Crippen molar-refractivity contribution < 1.29 is 24.3 Å². The Bertz CT molecular complexity index is 1280. The van der Waals surface area contributed by atoms with Gasteiger partial charge >= 0.3 is 0 Å². The Hall–Kier alpha value is -4.40. The normalized spacial score (nSPS) is 15.7. The number of rotatable bonds is 6. The van der Waals surface area contributed by atoms with Crippen molar-refractivity contribution in [3.05, 3.63) is 64.7 Å². The number of nitrogens with one attached hydrogen (secondary N) is 2. The van der Waals surface area contributed by atoms with Gasteiger partial charge in [-0.1, -0.05) is 30.0 Å². The molecule has 11 heteroatoms. The molecule has 1 saturated heterocycles. The summed E-state index contributed by atoms with van der Waals surface area (Å²) in [4.78, 5) is 39.6. The first-order chi connectivity index (χ1) is 19.3. The van der Waals surface area contributed by atoms with Gasteiger partial charge in [-0.25, -0.2) is 0 Å². The third-order valence-electron chi connectivity index (χ3n) is 6.77. The first kappa shape index (κ1) is 30.1. The summed E-state index contributed by atoms with van der Waals surface area (Å²) < 4.78 is 5.05. The second-order valence-electron chi connectivity index (χ2n) is 9.22. The monoisotopic (exact) mass is 548 g/mol. The molecule has 40 heavy (non-hydrogen) atoms. The SMILES string of the molecule is CCN1CCN(/C(=N\O)c2ccc(C#C[C@H](NC)C(=O)NC=O)cc2)CC1.COc1ccc2c(c1)C(=O)N(C)C2. The van der Waals surface area contributed by atoms with Gasteiger partial charge in [0.15, 0.2) is 5.84 Å². The van der Waals surface area contributed by atoms with Gasteiger partial charge in [0.25, 0.3) is 11.8 Å². The van der Waals surface area contributed by atoms with Gasteiger partial charge in [0, 0.05) is 56.5 Å². The van der Waals surface area contributed by atoms with Crippen LogP contribution in [-0.4, -0.2) is 104 Å². The van der Waals surface area contributed by atoms with E-state index in [0.717, 1.165) is 55.2 Å². The van der Waals surface area contributed by atoms with Gasteiger partial charge in [0.2, 0.25) is 6.41 Å². The predicted octanol–water partition coefficient (Wildman–Crippen LogP) is 0.953. The van der Waals surface area contributed by atoms with Crippen LogP contribution in [0.2, 0.25) is 0 Å². The zero-order chi connectivity index (χ0) is 29.1. The number of nitrogens with zero attached hydrogens (tertiary/aromatic N) is 4. The zero-order valence-corrected chi connectivity index (χ0v) is 23.3. The Morgan fingerprint density at radius 3 is 2.45 bits per heavy atom. The molecule has 0 aliphatic carbocycles. The molecule has 1 atom stereocenters. The summed E-state index contributed by atoms with van der Waals surface area (Å²) in [6.07, 6.45) is 0.333. The molecule has 2 aromatic rings. The van der Waals surface area contributed by atoms with Crippen molar-refractivity contribution in [2.45, 2.75) is 19.5 Å². The average Bonchev–Trinajstić information content (AvgIpc) is 3.27. The van der Waals surface area contributed by atoms with Gasteiger partial charge in [-0.15, -0.1) is 0 Å². The van der Waals surface area contributed by atoms with E-state index in [9.17, 15) is 19.6 Å². The number of amidine groups is 1. The third kappa shape index (κ3) is 7.59. The fourth-order valence-corrected chi connectivity index (χ4v) is 4.40. The van der Waals surface area contributed by atoms with Gasteiger partial charge < -0.3 is 24.6 Å². The van der Waals surface area contributed by atoms with Gasteiger partial charge in [-0.2, -0.15) is 0 Å². The van der Waals surface area contributed by atoms with Crippen LogP contribution in [0.3, 0.4) is 0 Å². The van der Waals surface area contributed by atoms with E-state index >= 15 is 0 Å². The zero-order valence-electron chi connectivity index (χ0n) is 23.3. The quantitative estimate of drug-likeness (QED) is 0.122. The summed E-state index contributed by atoms with van der Waals surface area (Å²) in [5, 5.41) is 17.8.